The largest absolute Gasteiger partial charge is 0.506 e. The molecule has 0 spiro atoms. The molecular formula is C13H15N3O3. The summed E-state index contributed by atoms with van der Waals surface area (Å²) in [7, 11) is 0. The number of ether oxygens (including phenoxy) is 1. The van der Waals surface area contributed by atoms with Gasteiger partial charge in [0.15, 0.2) is 5.82 Å². The molecule has 1 saturated heterocycles. The van der Waals surface area contributed by atoms with Crippen molar-refractivity contribution in [3.8, 4) is 17.2 Å². The highest BCUT2D eigenvalue weighted by Crippen LogP contribution is 2.21. The summed E-state index contributed by atoms with van der Waals surface area (Å²) in [4.78, 5) is 8.19. The van der Waals surface area contributed by atoms with Crippen LogP contribution >= 0.6 is 0 Å². The van der Waals surface area contributed by atoms with Crippen LogP contribution in [0.25, 0.3) is 11.5 Å². The van der Waals surface area contributed by atoms with Gasteiger partial charge in [-0.2, -0.15) is 4.98 Å². The van der Waals surface area contributed by atoms with Crippen LogP contribution in [0.1, 0.15) is 25.1 Å². The molecular weight excluding hydrogens is 246 g/mol. The first-order valence-corrected chi connectivity index (χ1v) is 6.40. The minimum Gasteiger partial charge on any atom is -0.506 e. The van der Waals surface area contributed by atoms with Crippen LogP contribution in [0, 0.1) is 0 Å². The van der Waals surface area contributed by atoms with Crippen LogP contribution in [0.3, 0.4) is 0 Å². The molecule has 0 radical (unpaired) electrons. The monoisotopic (exact) mass is 261 g/mol. The van der Waals surface area contributed by atoms with Crippen LogP contribution in [0.5, 0.6) is 5.75 Å². The van der Waals surface area contributed by atoms with Gasteiger partial charge in [0.1, 0.15) is 5.75 Å². The van der Waals surface area contributed by atoms with E-state index in [0.29, 0.717) is 23.7 Å². The van der Waals surface area contributed by atoms with E-state index in [9.17, 15) is 5.11 Å². The molecule has 1 aliphatic heterocycles. The molecule has 1 N–H and O–H groups in total. The molecule has 2 aromatic heterocycles. The van der Waals surface area contributed by atoms with E-state index in [4.69, 9.17) is 9.26 Å². The van der Waals surface area contributed by atoms with Gasteiger partial charge in [0.05, 0.1) is 17.9 Å². The minimum atomic E-state index is 0.0767. The maximum absolute atomic E-state index is 9.37. The lowest BCUT2D eigenvalue weighted by Gasteiger charge is -2.20. The fraction of sp³-hybridized carbons (Fsp3) is 0.462. The first kappa shape index (κ1) is 12.1. The Hall–Kier alpha value is -1.95. The van der Waals surface area contributed by atoms with E-state index in [-0.39, 0.29) is 11.9 Å². The lowest BCUT2D eigenvalue weighted by Crippen LogP contribution is -2.21. The summed E-state index contributed by atoms with van der Waals surface area (Å²) in [6, 6.07) is 1.54. The molecule has 100 valence electrons. The van der Waals surface area contributed by atoms with Crippen molar-refractivity contribution in [3.05, 3.63) is 24.3 Å². The molecule has 0 aromatic carbocycles. The van der Waals surface area contributed by atoms with Crippen molar-refractivity contribution < 1.29 is 14.4 Å². The Morgan fingerprint density at radius 2 is 2.26 bits per heavy atom. The standard InChI is InChI=1S/C13H15N3O3/c17-10-5-9(7-14-8-10)13-15-12(16-19-13)6-11-3-1-2-4-18-11/h5,7-8,11,17H,1-4,6H2. The molecule has 1 atom stereocenters. The topological polar surface area (TPSA) is 81.3 Å². The maximum atomic E-state index is 9.37. The summed E-state index contributed by atoms with van der Waals surface area (Å²) in [6.45, 7) is 0.811. The molecule has 0 bridgehead atoms. The fourth-order valence-corrected chi connectivity index (χ4v) is 2.17. The number of rotatable bonds is 3. The summed E-state index contributed by atoms with van der Waals surface area (Å²) in [5, 5.41) is 13.3. The number of hydrogen-bond donors (Lipinski definition) is 1. The van der Waals surface area contributed by atoms with Crippen LogP contribution in [-0.4, -0.2) is 32.9 Å². The molecule has 1 fully saturated rings. The van der Waals surface area contributed by atoms with Crippen LogP contribution in [-0.2, 0) is 11.2 Å². The zero-order chi connectivity index (χ0) is 13.1. The SMILES string of the molecule is Oc1cncc(-c2nc(CC3CCCCO3)no2)c1. The Morgan fingerprint density at radius 3 is 3.05 bits per heavy atom. The highest BCUT2D eigenvalue weighted by molar-refractivity contribution is 5.53. The average molecular weight is 261 g/mol. The number of aromatic nitrogens is 3. The second-order valence-corrected chi connectivity index (χ2v) is 4.64. The third-order valence-corrected chi connectivity index (χ3v) is 3.12. The average Bonchev–Trinajstić information content (AvgIpc) is 2.88. The van der Waals surface area contributed by atoms with Crippen molar-refractivity contribution >= 4 is 0 Å². The summed E-state index contributed by atoms with van der Waals surface area (Å²) in [5.74, 6) is 1.08. The lowest BCUT2D eigenvalue weighted by molar-refractivity contribution is 0.0153. The zero-order valence-corrected chi connectivity index (χ0v) is 10.5. The smallest absolute Gasteiger partial charge is 0.259 e. The molecule has 0 aliphatic carbocycles. The van der Waals surface area contributed by atoms with Gasteiger partial charge in [0.2, 0.25) is 0 Å². The van der Waals surface area contributed by atoms with Gasteiger partial charge in [-0.25, -0.2) is 0 Å². The summed E-state index contributed by atoms with van der Waals surface area (Å²) < 4.78 is 10.8. The number of nitrogens with zero attached hydrogens (tertiary/aromatic N) is 3. The van der Waals surface area contributed by atoms with Gasteiger partial charge >= 0.3 is 0 Å². The molecule has 6 heteroatoms. The second-order valence-electron chi connectivity index (χ2n) is 4.64. The van der Waals surface area contributed by atoms with Crippen molar-refractivity contribution in [1.82, 2.24) is 15.1 Å². The Kier molecular flexibility index (Phi) is 3.41. The zero-order valence-electron chi connectivity index (χ0n) is 10.5. The fourth-order valence-electron chi connectivity index (χ4n) is 2.17. The molecule has 1 aliphatic rings. The Bertz CT molecular complexity index is 550. The third-order valence-electron chi connectivity index (χ3n) is 3.12. The van der Waals surface area contributed by atoms with Crippen LogP contribution in [0.4, 0.5) is 0 Å². The summed E-state index contributed by atoms with van der Waals surface area (Å²) in [6.07, 6.45) is 7.13. The van der Waals surface area contributed by atoms with E-state index < -0.39 is 0 Å². The Balaban J connectivity index is 1.72. The van der Waals surface area contributed by atoms with Crippen molar-refractivity contribution in [2.24, 2.45) is 0 Å². The van der Waals surface area contributed by atoms with E-state index in [1.807, 2.05) is 0 Å². The molecule has 0 saturated carbocycles. The maximum Gasteiger partial charge on any atom is 0.259 e. The van der Waals surface area contributed by atoms with Crippen molar-refractivity contribution in [1.29, 1.82) is 0 Å². The van der Waals surface area contributed by atoms with Crippen LogP contribution < -0.4 is 0 Å². The number of hydrogen-bond acceptors (Lipinski definition) is 6. The van der Waals surface area contributed by atoms with E-state index in [1.54, 1.807) is 12.3 Å². The number of pyridine rings is 1. The quantitative estimate of drug-likeness (QED) is 0.909. The number of aromatic hydroxyl groups is 1. The molecule has 3 rings (SSSR count). The van der Waals surface area contributed by atoms with Gasteiger partial charge in [-0.1, -0.05) is 5.16 Å². The summed E-state index contributed by atoms with van der Waals surface area (Å²) in [5.41, 5.74) is 0.614. The molecule has 3 heterocycles. The first-order chi connectivity index (χ1) is 9.31. The second kappa shape index (κ2) is 5.36. The van der Waals surface area contributed by atoms with E-state index in [1.165, 1.54) is 12.6 Å². The van der Waals surface area contributed by atoms with Crippen molar-refractivity contribution in [3.63, 3.8) is 0 Å². The highest BCUT2D eigenvalue weighted by Gasteiger charge is 2.18. The minimum absolute atomic E-state index is 0.0767. The molecule has 2 aromatic rings. The van der Waals surface area contributed by atoms with E-state index >= 15 is 0 Å². The van der Waals surface area contributed by atoms with Gasteiger partial charge < -0.3 is 14.4 Å². The van der Waals surface area contributed by atoms with Gasteiger partial charge in [0, 0.05) is 19.2 Å². The van der Waals surface area contributed by atoms with Gasteiger partial charge in [-0.05, 0) is 25.3 Å². The third kappa shape index (κ3) is 2.90. The predicted octanol–water partition coefficient (Wildman–Crippen LogP) is 1.95. The van der Waals surface area contributed by atoms with Gasteiger partial charge in [-0.15, -0.1) is 0 Å². The normalized spacial score (nSPS) is 19.5. The first-order valence-electron chi connectivity index (χ1n) is 6.40. The van der Waals surface area contributed by atoms with E-state index in [0.717, 1.165) is 19.4 Å². The predicted molar refractivity (Wildman–Crippen MR) is 66.5 cm³/mol. The van der Waals surface area contributed by atoms with E-state index in [2.05, 4.69) is 15.1 Å². The molecule has 6 nitrogen and oxygen atoms in total. The van der Waals surface area contributed by atoms with Crippen molar-refractivity contribution in [2.75, 3.05) is 6.61 Å². The lowest BCUT2D eigenvalue weighted by atomic mass is 10.1. The van der Waals surface area contributed by atoms with Gasteiger partial charge in [-0.3, -0.25) is 4.98 Å². The molecule has 1 unspecified atom stereocenters. The molecule has 19 heavy (non-hydrogen) atoms. The molecule has 0 amide bonds. The highest BCUT2D eigenvalue weighted by atomic mass is 16.5. The Morgan fingerprint density at radius 1 is 1.32 bits per heavy atom. The van der Waals surface area contributed by atoms with Crippen molar-refractivity contribution in [2.45, 2.75) is 31.8 Å². The van der Waals surface area contributed by atoms with Crippen LogP contribution in [0.15, 0.2) is 23.0 Å². The van der Waals surface area contributed by atoms with Gasteiger partial charge in [0.25, 0.3) is 5.89 Å². The summed E-state index contributed by atoms with van der Waals surface area (Å²) >= 11 is 0. The van der Waals surface area contributed by atoms with Crippen LogP contribution in [0.2, 0.25) is 0 Å². The Labute approximate surface area is 110 Å².